The fourth-order valence-electron chi connectivity index (χ4n) is 1.64. The van der Waals surface area contributed by atoms with Gasteiger partial charge in [0.1, 0.15) is 5.69 Å². The zero-order valence-electron chi connectivity index (χ0n) is 9.83. The van der Waals surface area contributed by atoms with Gasteiger partial charge in [0.15, 0.2) is 5.82 Å². The molecule has 1 aromatic carbocycles. The molecule has 5 nitrogen and oxygen atoms in total. The highest BCUT2D eigenvalue weighted by molar-refractivity contribution is 5.57. The number of hydrogen-bond acceptors (Lipinski definition) is 4. The summed E-state index contributed by atoms with van der Waals surface area (Å²) in [6.45, 7) is 0. The number of hydrogen-bond donors (Lipinski definition) is 0. The largest absolute Gasteiger partial charge is 0.313 e. The summed E-state index contributed by atoms with van der Waals surface area (Å²) < 4.78 is 40.3. The molecule has 3 aromatic rings. The molecule has 0 saturated heterocycles. The summed E-state index contributed by atoms with van der Waals surface area (Å²) in [5, 5.41) is 7.41. The van der Waals surface area contributed by atoms with Crippen molar-refractivity contribution in [2.24, 2.45) is 0 Å². The number of rotatable bonds is 2. The lowest BCUT2D eigenvalue weighted by Crippen LogP contribution is -2.08. The Balaban J connectivity index is 2.07. The van der Waals surface area contributed by atoms with E-state index in [-0.39, 0.29) is 0 Å². The Kier molecular flexibility index (Phi) is 2.90. The SMILES string of the molecule is Fc1nc(F)c(F)c(-n2cc(-c3ccccc3)nn2)n1. The summed E-state index contributed by atoms with van der Waals surface area (Å²) in [4.78, 5) is 5.82. The Bertz CT molecular complexity index is 757. The van der Waals surface area contributed by atoms with E-state index in [1.165, 1.54) is 6.20 Å². The van der Waals surface area contributed by atoms with E-state index in [9.17, 15) is 13.2 Å². The van der Waals surface area contributed by atoms with Crippen molar-refractivity contribution >= 4 is 0 Å². The van der Waals surface area contributed by atoms with Crippen molar-refractivity contribution < 1.29 is 13.2 Å². The first-order chi connectivity index (χ1) is 9.65. The van der Waals surface area contributed by atoms with Crippen LogP contribution in [0, 0.1) is 17.8 Å². The first-order valence-corrected chi connectivity index (χ1v) is 5.52. The van der Waals surface area contributed by atoms with E-state index >= 15 is 0 Å². The van der Waals surface area contributed by atoms with Gasteiger partial charge in [-0.3, -0.25) is 0 Å². The van der Waals surface area contributed by atoms with Crippen molar-refractivity contribution in [1.29, 1.82) is 0 Å². The lowest BCUT2D eigenvalue weighted by atomic mass is 10.2. The molecule has 0 radical (unpaired) electrons. The average Bonchev–Trinajstić information content (AvgIpc) is 2.93. The molecule has 0 N–H and O–H groups in total. The monoisotopic (exact) mass is 277 g/mol. The summed E-state index contributed by atoms with van der Waals surface area (Å²) in [6.07, 6.45) is -0.0599. The molecule has 0 unspecified atom stereocenters. The summed E-state index contributed by atoms with van der Waals surface area (Å²) in [6, 6.07) is 8.94. The van der Waals surface area contributed by atoms with Crippen molar-refractivity contribution in [3.8, 4) is 17.1 Å². The second kappa shape index (κ2) is 4.72. The number of aromatic nitrogens is 5. The van der Waals surface area contributed by atoms with Gasteiger partial charge in [0, 0.05) is 5.56 Å². The molecule has 3 rings (SSSR count). The zero-order valence-corrected chi connectivity index (χ0v) is 9.83. The summed E-state index contributed by atoms with van der Waals surface area (Å²) in [5.74, 6) is -3.61. The lowest BCUT2D eigenvalue weighted by Gasteiger charge is -2.00. The van der Waals surface area contributed by atoms with Crippen LogP contribution in [-0.2, 0) is 0 Å². The van der Waals surface area contributed by atoms with Gasteiger partial charge in [0.05, 0.1) is 6.20 Å². The Morgan fingerprint density at radius 1 is 0.950 bits per heavy atom. The molecule has 0 bridgehead atoms. The van der Waals surface area contributed by atoms with Crippen LogP contribution in [0.3, 0.4) is 0 Å². The maximum absolute atomic E-state index is 13.5. The van der Waals surface area contributed by atoms with Gasteiger partial charge in [-0.25, -0.2) is 0 Å². The summed E-state index contributed by atoms with van der Waals surface area (Å²) in [7, 11) is 0. The molecule has 0 amide bonds. The van der Waals surface area contributed by atoms with Crippen molar-refractivity contribution in [1.82, 2.24) is 25.0 Å². The second-order valence-electron chi connectivity index (χ2n) is 3.84. The van der Waals surface area contributed by atoms with Gasteiger partial charge in [-0.1, -0.05) is 35.5 Å². The molecule has 0 aliphatic carbocycles. The van der Waals surface area contributed by atoms with E-state index in [1.54, 1.807) is 24.3 Å². The minimum atomic E-state index is -1.58. The molecule has 0 fully saturated rings. The van der Waals surface area contributed by atoms with Gasteiger partial charge in [-0.15, -0.1) is 5.10 Å². The Hall–Kier alpha value is -2.77. The van der Waals surface area contributed by atoms with Crippen LogP contribution < -0.4 is 0 Å². The van der Waals surface area contributed by atoms with Crippen LogP contribution in [0.5, 0.6) is 0 Å². The van der Waals surface area contributed by atoms with Crippen molar-refractivity contribution in [2.75, 3.05) is 0 Å². The molecule has 0 saturated carbocycles. The molecule has 0 aliphatic heterocycles. The third kappa shape index (κ3) is 2.11. The molecular weight excluding hydrogens is 271 g/mol. The molecule has 2 aromatic heterocycles. The highest BCUT2D eigenvalue weighted by Crippen LogP contribution is 2.18. The predicted molar refractivity (Wildman–Crippen MR) is 62.3 cm³/mol. The maximum Gasteiger partial charge on any atom is 0.313 e. The first-order valence-electron chi connectivity index (χ1n) is 5.52. The lowest BCUT2D eigenvalue weighted by molar-refractivity contribution is 0.418. The van der Waals surface area contributed by atoms with E-state index in [0.29, 0.717) is 5.69 Å². The van der Waals surface area contributed by atoms with Crippen molar-refractivity contribution in [3.05, 3.63) is 54.4 Å². The fourth-order valence-corrected chi connectivity index (χ4v) is 1.64. The van der Waals surface area contributed by atoms with Gasteiger partial charge < -0.3 is 0 Å². The number of nitrogens with zero attached hydrogens (tertiary/aromatic N) is 5. The number of halogens is 3. The van der Waals surface area contributed by atoms with Crippen LogP contribution >= 0.6 is 0 Å². The summed E-state index contributed by atoms with van der Waals surface area (Å²) >= 11 is 0. The standard InChI is InChI=1S/C12H6F3N5/c13-9-10(14)16-12(15)17-11(9)20-6-8(18-19-20)7-4-2-1-3-5-7/h1-6H. The third-order valence-corrected chi connectivity index (χ3v) is 2.55. The highest BCUT2D eigenvalue weighted by atomic mass is 19.2. The molecule has 0 aliphatic rings. The Morgan fingerprint density at radius 3 is 2.45 bits per heavy atom. The van der Waals surface area contributed by atoms with Gasteiger partial charge in [-0.05, 0) is 0 Å². The second-order valence-corrected chi connectivity index (χ2v) is 3.84. The smallest absolute Gasteiger partial charge is 0.198 e. The van der Waals surface area contributed by atoms with Crippen LogP contribution in [-0.4, -0.2) is 25.0 Å². The normalized spacial score (nSPS) is 10.8. The van der Waals surface area contributed by atoms with E-state index in [1.807, 2.05) is 6.07 Å². The molecule has 100 valence electrons. The van der Waals surface area contributed by atoms with Gasteiger partial charge >= 0.3 is 6.08 Å². The van der Waals surface area contributed by atoms with E-state index in [2.05, 4.69) is 20.3 Å². The van der Waals surface area contributed by atoms with E-state index in [0.717, 1.165) is 10.2 Å². The van der Waals surface area contributed by atoms with Crippen LogP contribution in [0.2, 0.25) is 0 Å². The van der Waals surface area contributed by atoms with Crippen LogP contribution in [0.4, 0.5) is 13.2 Å². The first kappa shape index (κ1) is 12.3. The van der Waals surface area contributed by atoms with Crippen molar-refractivity contribution in [2.45, 2.75) is 0 Å². The summed E-state index contributed by atoms with van der Waals surface area (Å²) in [5.41, 5.74) is 1.15. The fraction of sp³-hybridized carbons (Fsp3) is 0. The molecular formula is C12H6F3N5. The highest BCUT2D eigenvalue weighted by Gasteiger charge is 2.17. The van der Waals surface area contributed by atoms with E-state index < -0.39 is 23.7 Å². The molecule has 8 heteroatoms. The zero-order chi connectivity index (χ0) is 14.1. The molecule has 0 atom stereocenters. The van der Waals surface area contributed by atoms with Gasteiger partial charge in [0.2, 0.25) is 5.82 Å². The Labute approximate surface area is 110 Å². The quantitative estimate of drug-likeness (QED) is 0.532. The number of benzene rings is 1. The van der Waals surface area contributed by atoms with E-state index in [4.69, 9.17) is 0 Å². The Morgan fingerprint density at radius 2 is 1.70 bits per heavy atom. The minimum absolute atomic E-state index is 0.421. The van der Waals surface area contributed by atoms with Gasteiger partial charge in [-0.2, -0.15) is 27.8 Å². The van der Waals surface area contributed by atoms with Crippen molar-refractivity contribution in [3.63, 3.8) is 0 Å². The minimum Gasteiger partial charge on any atom is -0.198 e. The van der Waals surface area contributed by atoms with Gasteiger partial charge in [0.25, 0.3) is 5.95 Å². The average molecular weight is 277 g/mol. The molecule has 0 spiro atoms. The molecule has 2 heterocycles. The maximum atomic E-state index is 13.5. The predicted octanol–water partition coefficient (Wildman–Crippen LogP) is 2.14. The van der Waals surface area contributed by atoms with Crippen LogP contribution in [0.25, 0.3) is 17.1 Å². The topological polar surface area (TPSA) is 56.5 Å². The van der Waals surface area contributed by atoms with Crippen LogP contribution in [0.1, 0.15) is 0 Å². The third-order valence-electron chi connectivity index (χ3n) is 2.55. The molecule has 20 heavy (non-hydrogen) atoms. The van der Waals surface area contributed by atoms with Crippen LogP contribution in [0.15, 0.2) is 36.5 Å².